The number of nitrogens with one attached hydrogen (secondary N) is 2. The Morgan fingerprint density at radius 2 is 1.94 bits per heavy atom. The van der Waals surface area contributed by atoms with Gasteiger partial charge in [-0.25, -0.2) is 14.2 Å². The third-order valence-corrected chi connectivity index (χ3v) is 6.61. The highest BCUT2D eigenvalue weighted by Crippen LogP contribution is 2.42. The summed E-state index contributed by atoms with van der Waals surface area (Å²) in [6, 6.07) is 17.7. The summed E-state index contributed by atoms with van der Waals surface area (Å²) in [5.74, 6) is -1.22. The summed E-state index contributed by atoms with van der Waals surface area (Å²) in [5, 5.41) is 4.10. The van der Waals surface area contributed by atoms with Crippen molar-refractivity contribution in [3.63, 3.8) is 0 Å². The highest BCUT2D eigenvalue weighted by molar-refractivity contribution is 5.88. The fourth-order valence-electron chi connectivity index (χ4n) is 4.82. The molecule has 0 spiro atoms. The van der Waals surface area contributed by atoms with E-state index in [4.69, 9.17) is 4.74 Å². The van der Waals surface area contributed by atoms with E-state index in [1.807, 2.05) is 29.2 Å². The highest BCUT2D eigenvalue weighted by Gasteiger charge is 2.46. The van der Waals surface area contributed by atoms with Gasteiger partial charge in [-0.1, -0.05) is 30.3 Å². The molecular weight excluding hydrogens is 466 g/mol. The van der Waals surface area contributed by atoms with Crippen LogP contribution in [0.25, 0.3) is 0 Å². The number of nitrogens with zero attached hydrogens (tertiary/aromatic N) is 2. The number of halogens is 2. The van der Waals surface area contributed by atoms with Crippen molar-refractivity contribution in [2.75, 3.05) is 25.1 Å². The Morgan fingerprint density at radius 1 is 1.11 bits per heavy atom. The number of hydrazine groups is 1. The summed E-state index contributed by atoms with van der Waals surface area (Å²) < 4.78 is 33.8. The third-order valence-electron chi connectivity index (χ3n) is 6.61. The number of carbonyl (C=O) groups is 2. The first-order valence-electron chi connectivity index (χ1n) is 11.7. The van der Waals surface area contributed by atoms with E-state index in [0.717, 1.165) is 11.3 Å². The van der Waals surface area contributed by atoms with Gasteiger partial charge in [-0.3, -0.25) is 14.6 Å². The van der Waals surface area contributed by atoms with Crippen LogP contribution in [-0.2, 0) is 22.7 Å². The van der Waals surface area contributed by atoms with Gasteiger partial charge in [0.05, 0.1) is 19.1 Å². The number of carbonyl (C=O) groups excluding carboxylic acids is 2. The lowest BCUT2D eigenvalue weighted by atomic mass is 9.88. The van der Waals surface area contributed by atoms with Gasteiger partial charge in [0.25, 0.3) is 0 Å². The molecule has 36 heavy (non-hydrogen) atoms. The van der Waals surface area contributed by atoms with Gasteiger partial charge in [-0.05, 0) is 47.5 Å². The lowest BCUT2D eigenvalue weighted by molar-refractivity contribution is -0.137. The molecule has 3 aromatic rings. The molecular formula is C27H26F2N4O3. The lowest BCUT2D eigenvalue weighted by Gasteiger charge is -2.36. The van der Waals surface area contributed by atoms with Gasteiger partial charge in [0.1, 0.15) is 23.9 Å². The first-order chi connectivity index (χ1) is 17.4. The molecule has 3 aromatic carbocycles. The predicted molar refractivity (Wildman–Crippen MR) is 130 cm³/mol. The molecule has 0 aromatic heterocycles. The normalized spacial score (nSPS) is 18.6. The maximum absolute atomic E-state index is 14.3. The van der Waals surface area contributed by atoms with Gasteiger partial charge >= 0.3 is 0 Å². The van der Waals surface area contributed by atoms with E-state index in [0.29, 0.717) is 23.4 Å². The summed E-state index contributed by atoms with van der Waals surface area (Å²) >= 11 is 0. The monoisotopic (exact) mass is 492 g/mol. The van der Waals surface area contributed by atoms with Gasteiger partial charge in [0, 0.05) is 30.9 Å². The van der Waals surface area contributed by atoms with Crippen LogP contribution in [0, 0.1) is 17.6 Å². The van der Waals surface area contributed by atoms with Crippen molar-refractivity contribution >= 4 is 17.5 Å². The predicted octanol–water partition coefficient (Wildman–Crippen LogP) is 3.31. The fourth-order valence-corrected chi connectivity index (χ4v) is 4.82. The summed E-state index contributed by atoms with van der Waals surface area (Å²) in [6.45, 7) is 0.650. The quantitative estimate of drug-likeness (QED) is 0.530. The molecule has 2 N–H and O–H groups in total. The maximum atomic E-state index is 14.3. The number of hydrogen-bond donors (Lipinski definition) is 2. The average molecular weight is 493 g/mol. The van der Waals surface area contributed by atoms with Crippen LogP contribution in [0.1, 0.15) is 22.7 Å². The van der Waals surface area contributed by atoms with E-state index in [1.54, 1.807) is 31.4 Å². The van der Waals surface area contributed by atoms with Crippen LogP contribution in [0.5, 0.6) is 5.75 Å². The number of amides is 2. The number of methoxy groups -OCH3 is 1. The third kappa shape index (κ3) is 4.74. The second-order valence-electron chi connectivity index (χ2n) is 8.94. The average Bonchev–Trinajstić information content (AvgIpc) is 3.19. The maximum Gasteiger partial charge on any atom is 0.244 e. The summed E-state index contributed by atoms with van der Waals surface area (Å²) in [5.41, 5.74) is 5.79. The molecule has 1 fully saturated rings. The SMILES string of the molecule is COc1cccc(CNC(=O)CN2NC3c4cc(F)ccc4N(Cc4ccccc4F)CC3C2=O)c1. The van der Waals surface area contributed by atoms with Crippen LogP contribution in [0.4, 0.5) is 14.5 Å². The fraction of sp³-hybridized carbons (Fsp3) is 0.259. The van der Waals surface area contributed by atoms with Crippen molar-refractivity contribution in [3.8, 4) is 5.75 Å². The minimum absolute atomic E-state index is 0.187. The van der Waals surface area contributed by atoms with E-state index in [2.05, 4.69) is 10.7 Å². The number of anilines is 1. The Kier molecular flexibility index (Phi) is 6.56. The van der Waals surface area contributed by atoms with Crippen molar-refractivity contribution in [2.24, 2.45) is 5.92 Å². The number of rotatable bonds is 7. The van der Waals surface area contributed by atoms with Crippen molar-refractivity contribution in [1.82, 2.24) is 15.8 Å². The van der Waals surface area contributed by atoms with E-state index >= 15 is 0 Å². The molecule has 1 saturated heterocycles. The molecule has 5 rings (SSSR count). The van der Waals surface area contributed by atoms with E-state index in [9.17, 15) is 18.4 Å². The largest absolute Gasteiger partial charge is 0.497 e. The first kappa shape index (κ1) is 23.7. The molecule has 2 atom stereocenters. The topological polar surface area (TPSA) is 73.9 Å². The molecule has 186 valence electrons. The van der Waals surface area contributed by atoms with Crippen LogP contribution in [0.15, 0.2) is 66.7 Å². The van der Waals surface area contributed by atoms with Crippen LogP contribution in [-0.4, -0.2) is 37.0 Å². The Hall–Kier alpha value is -3.98. The zero-order chi connectivity index (χ0) is 25.2. The number of hydrogen-bond acceptors (Lipinski definition) is 5. The van der Waals surface area contributed by atoms with Gasteiger partial charge in [0.15, 0.2) is 0 Å². The van der Waals surface area contributed by atoms with Crippen molar-refractivity contribution in [2.45, 2.75) is 19.1 Å². The minimum atomic E-state index is -0.544. The molecule has 2 aliphatic rings. The molecule has 9 heteroatoms. The van der Waals surface area contributed by atoms with Crippen molar-refractivity contribution in [3.05, 3.63) is 95.1 Å². The number of fused-ring (bicyclic) bond motifs is 3. The second kappa shape index (κ2) is 9.94. The number of benzene rings is 3. The van der Waals surface area contributed by atoms with Crippen molar-refractivity contribution in [1.29, 1.82) is 0 Å². The van der Waals surface area contributed by atoms with Crippen LogP contribution in [0.2, 0.25) is 0 Å². The molecule has 7 nitrogen and oxygen atoms in total. The summed E-state index contributed by atoms with van der Waals surface area (Å²) in [7, 11) is 1.57. The smallest absolute Gasteiger partial charge is 0.244 e. The molecule has 2 amide bonds. The van der Waals surface area contributed by atoms with Crippen molar-refractivity contribution < 1.29 is 23.1 Å². The Labute approximate surface area is 207 Å². The minimum Gasteiger partial charge on any atom is -0.497 e. The molecule has 0 radical (unpaired) electrons. The van der Waals surface area contributed by atoms with Crippen LogP contribution in [0.3, 0.4) is 0 Å². The van der Waals surface area contributed by atoms with Gasteiger partial charge < -0.3 is 15.0 Å². The summed E-state index contributed by atoms with van der Waals surface area (Å²) in [6.07, 6.45) is 0. The number of ether oxygens (including phenoxy) is 1. The summed E-state index contributed by atoms with van der Waals surface area (Å²) in [4.78, 5) is 27.8. The molecule has 2 aliphatic heterocycles. The molecule has 0 saturated carbocycles. The second-order valence-corrected chi connectivity index (χ2v) is 8.94. The zero-order valence-corrected chi connectivity index (χ0v) is 19.7. The molecule has 0 aliphatic carbocycles. The highest BCUT2D eigenvalue weighted by atomic mass is 19.1. The van der Waals surface area contributed by atoms with Gasteiger partial charge in [-0.2, -0.15) is 0 Å². The van der Waals surface area contributed by atoms with Gasteiger partial charge in [-0.15, -0.1) is 0 Å². The van der Waals surface area contributed by atoms with Crippen LogP contribution < -0.4 is 20.4 Å². The lowest BCUT2D eigenvalue weighted by Crippen LogP contribution is -2.43. The molecule has 2 unspecified atom stereocenters. The van der Waals surface area contributed by atoms with E-state index in [1.165, 1.54) is 23.2 Å². The Balaban J connectivity index is 1.30. The van der Waals surface area contributed by atoms with Crippen LogP contribution >= 0.6 is 0 Å². The first-order valence-corrected chi connectivity index (χ1v) is 11.7. The molecule has 2 heterocycles. The Bertz CT molecular complexity index is 1300. The van der Waals surface area contributed by atoms with E-state index in [-0.39, 0.29) is 37.3 Å². The van der Waals surface area contributed by atoms with Gasteiger partial charge in [0.2, 0.25) is 11.8 Å². The standard InChI is InChI=1S/C27H26F2N4O3/c1-36-20-7-4-5-17(11-20)13-30-25(34)16-33-27(35)22-15-32(14-18-6-2-3-8-23(18)29)24-10-9-19(28)12-21(24)26(22)31-33/h2-12,22,26,31H,13-16H2,1H3,(H,30,34). The molecule has 0 bridgehead atoms. The Morgan fingerprint density at radius 3 is 2.75 bits per heavy atom. The zero-order valence-electron chi connectivity index (χ0n) is 19.7. The van der Waals surface area contributed by atoms with E-state index < -0.39 is 17.8 Å².